The third-order valence-electron chi connectivity index (χ3n) is 1.49. The summed E-state index contributed by atoms with van der Waals surface area (Å²) in [5, 5.41) is 0.735. The molecule has 0 aliphatic heterocycles. The SMILES string of the molecule is [SiH3]OC(=S)C1=CCCC1. The van der Waals surface area contributed by atoms with Crippen LogP contribution < -0.4 is 0 Å². The van der Waals surface area contributed by atoms with Crippen LogP contribution in [0.2, 0.25) is 0 Å². The van der Waals surface area contributed by atoms with Gasteiger partial charge in [-0.25, -0.2) is 0 Å². The maximum Gasteiger partial charge on any atom is 0.205 e. The van der Waals surface area contributed by atoms with Crippen LogP contribution in [-0.2, 0) is 4.43 Å². The lowest BCUT2D eigenvalue weighted by molar-refractivity contribution is 0.627. The van der Waals surface area contributed by atoms with Crippen LogP contribution in [0.4, 0.5) is 0 Å². The van der Waals surface area contributed by atoms with E-state index in [-0.39, 0.29) is 0 Å². The van der Waals surface area contributed by atoms with Gasteiger partial charge in [-0.15, -0.1) is 0 Å². The van der Waals surface area contributed by atoms with Crippen molar-refractivity contribution in [3.63, 3.8) is 0 Å². The molecule has 9 heavy (non-hydrogen) atoms. The molecule has 0 aromatic heterocycles. The zero-order valence-corrected chi connectivity index (χ0v) is 8.33. The predicted octanol–water partition coefficient (Wildman–Crippen LogP) is 0.721. The largest absolute Gasteiger partial charge is 0.546 e. The summed E-state index contributed by atoms with van der Waals surface area (Å²) in [5.74, 6) is 0. The normalized spacial score (nSPS) is 17.6. The third kappa shape index (κ3) is 1.63. The smallest absolute Gasteiger partial charge is 0.205 e. The molecule has 1 aliphatic rings. The molecule has 50 valence electrons. The van der Waals surface area contributed by atoms with Gasteiger partial charge in [0.25, 0.3) is 0 Å². The van der Waals surface area contributed by atoms with Crippen LogP contribution in [0.1, 0.15) is 19.3 Å². The van der Waals surface area contributed by atoms with Crippen molar-refractivity contribution in [3.8, 4) is 0 Å². The number of rotatable bonds is 1. The summed E-state index contributed by atoms with van der Waals surface area (Å²) in [6, 6.07) is 0. The fourth-order valence-corrected chi connectivity index (χ4v) is 1.43. The quantitative estimate of drug-likeness (QED) is 0.411. The standard InChI is InChI=1S/C6H10OSSi/c8-6(7-9)5-3-1-2-4-5/h3H,1-2,4H2,9H3. The summed E-state index contributed by atoms with van der Waals surface area (Å²) in [5.41, 5.74) is 1.25. The minimum absolute atomic E-state index is 0.726. The van der Waals surface area contributed by atoms with Gasteiger partial charge in [-0.3, -0.25) is 0 Å². The lowest BCUT2D eigenvalue weighted by atomic mass is 10.2. The Hall–Kier alpha value is -0.153. The number of hydrogen-bond donors (Lipinski definition) is 0. The lowest BCUT2D eigenvalue weighted by Gasteiger charge is -2.01. The average Bonchev–Trinajstić information content (AvgIpc) is 2.37. The Bertz CT molecular complexity index is 153. The van der Waals surface area contributed by atoms with E-state index in [4.69, 9.17) is 16.6 Å². The Balaban J connectivity index is 2.51. The topological polar surface area (TPSA) is 9.23 Å². The maximum absolute atomic E-state index is 5.04. The second-order valence-electron chi connectivity index (χ2n) is 2.11. The van der Waals surface area contributed by atoms with E-state index in [1.54, 1.807) is 0 Å². The van der Waals surface area contributed by atoms with Gasteiger partial charge < -0.3 is 4.43 Å². The fraction of sp³-hybridized carbons (Fsp3) is 0.500. The van der Waals surface area contributed by atoms with E-state index in [9.17, 15) is 0 Å². The zero-order valence-electron chi connectivity index (χ0n) is 5.52. The Labute approximate surface area is 63.6 Å². The molecule has 0 amide bonds. The van der Waals surface area contributed by atoms with E-state index in [2.05, 4.69) is 6.08 Å². The first-order valence-corrected chi connectivity index (χ1v) is 4.34. The molecule has 1 rings (SSSR count). The molecule has 0 unspecified atom stereocenters. The molecule has 0 aromatic carbocycles. The predicted molar refractivity (Wildman–Crippen MR) is 45.6 cm³/mol. The van der Waals surface area contributed by atoms with Gasteiger partial charge in [-0.1, -0.05) is 6.08 Å². The molecule has 0 saturated carbocycles. The average molecular weight is 158 g/mol. The maximum atomic E-state index is 5.04. The van der Waals surface area contributed by atoms with Crippen molar-refractivity contribution in [1.29, 1.82) is 0 Å². The van der Waals surface area contributed by atoms with Gasteiger partial charge in [-0.2, -0.15) is 0 Å². The molecular weight excluding hydrogens is 148 g/mol. The van der Waals surface area contributed by atoms with Gasteiger partial charge >= 0.3 is 0 Å². The van der Waals surface area contributed by atoms with Gasteiger partial charge in [0.05, 0.1) is 0 Å². The summed E-state index contributed by atoms with van der Waals surface area (Å²) >= 11 is 4.96. The van der Waals surface area contributed by atoms with Crippen molar-refractivity contribution in [2.24, 2.45) is 0 Å². The highest BCUT2D eigenvalue weighted by atomic mass is 32.1. The molecule has 0 saturated heterocycles. The van der Waals surface area contributed by atoms with E-state index >= 15 is 0 Å². The summed E-state index contributed by atoms with van der Waals surface area (Å²) in [4.78, 5) is 0. The first kappa shape index (κ1) is 6.96. The molecule has 1 nitrogen and oxygen atoms in total. The van der Waals surface area contributed by atoms with Crippen molar-refractivity contribution in [3.05, 3.63) is 11.6 Å². The highest BCUT2D eigenvalue weighted by molar-refractivity contribution is 7.80. The Kier molecular flexibility index (Phi) is 2.42. The summed E-state index contributed by atoms with van der Waals surface area (Å²) < 4.78 is 5.04. The van der Waals surface area contributed by atoms with Crippen LogP contribution in [0, 0.1) is 0 Å². The molecule has 0 radical (unpaired) electrons. The van der Waals surface area contributed by atoms with Crippen molar-refractivity contribution in [2.45, 2.75) is 19.3 Å². The van der Waals surface area contributed by atoms with Crippen LogP contribution in [0.5, 0.6) is 0 Å². The first-order valence-electron chi connectivity index (χ1n) is 3.12. The molecule has 0 bridgehead atoms. The van der Waals surface area contributed by atoms with E-state index in [0.717, 1.165) is 22.0 Å². The third-order valence-corrected chi connectivity index (χ3v) is 2.62. The van der Waals surface area contributed by atoms with Gasteiger partial charge in [-0.05, 0) is 31.5 Å². The van der Waals surface area contributed by atoms with Gasteiger partial charge in [0.1, 0.15) is 0 Å². The van der Waals surface area contributed by atoms with E-state index in [0.29, 0.717) is 0 Å². The summed E-state index contributed by atoms with van der Waals surface area (Å²) in [6.45, 7) is 0. The number of thiocarbonyl (C=S) groups is 1. The van der Waals surface area contributed by atoms with Gasteiger partial charge in [0.2, 0.25) is 10.5 Å². The summed E-state index contributed by atoms with van der Waals surface area (Å²) in [6.07, 6.45) is 5.74. The number of allylic oxidation sites excluding steroid dienone is 1. The van der Waals surface area contributed by atoms with E-state index in [1.165, 1.54) is 18.4 Å². The van der Waals surface area contributed by atoms with Crippen LogP contribution in [0.3, 0.4) is 0 Å². The van der Waals surface area contributed by atoms with Crippen molar-refractivity contribution >= 4 is 27.8 Å². The molecule has 0 N–H and O–H groups in total. The molecule has 0 fully saturated rings. The van der Waals surface area contributed by atoms with Crippen LogP contribution in [-0.4, -0.2) is 15.5 Å². The highest BCUT2D eigenvalue weighted by Gasteiger charge is 2.08. The molecule has 0 heterocycles. The molecule has 0 spiro atoms. The summed E-state index contributed by atoms with van der Waals surface area (Å²) in [7, 11) is 0.726. The Morgan fingerprint density at radius 2 is 2.56 bits per heavy atom. The molecule has 1 aliphatic carbocycles. The highest BCUT2D eigenvalue weighted by Crippen LogP contribution is 2.18. The van der Waals surface area contributed by atoms with Gasteiger partial charge in [0.15, 0.2) is 5.05 Å². The van der Waals surface area contributed by atoms with E-state index in [1.807, 2.05) is 0 Å². The molecular formula is C6H10OSSi. The van der Waals surface area contributed by atoms with Crippen molar-refractivity contribution < 1.29 is 4.43 Å². The fourth-order valence-electron chi connectivity index (χ4n) is 0.987. The monoisotopic (exact) mass is 158 g/mol. The van der Waals surface area contributed by atoms with Crippen LogP contribution >= 0.6 is 12.2 Å². The second-order valence-corrected chi connectivity index (χ2v) is 2.89. The zero-order chi connectivity index (χ0) is 6.69. The minimum atomic E-state index is 0.726. The van der Waals surface area contributed by atoms with Crippen LogP contribution in [0.15, 0.2) is 11.6 Å². The minimum Gasteiger partial charge on any atom is -0.546 e. The van der Waals surface area contributed by atoms with Crippen molar-refractivity contribution in [1.82, 2.24) is 0 Å². The molecule has 0 atom stereocenters. The Morgan fingerprint density at radius 1 is 1.78 bits per heavy atom. The lowest BCUT2D eigenvalue weighted by Crippen LogP contribution is -1.99. The van der Waals surface area contributed by atoms with Crippen LogP contribution in [0.25, 0.3) is 0 Å². The first-order chi connectivity index (χ1) is 4.34. The van der Waals surface area contributed by atoms with Gasteiger partial charge in [0, 0.05) is 5.57 Å². The Morgan fingerprint density at radius 3 is 3.00 bits per heavy atom. The van der Waals surface area contributed by atoms with E-state index < -0.39 is 0 Å². The second kappa shape index (κ2) is 3.13. The van der Waals surface area contributed by atoms with Crippen molar-refractivity contribution in [2.75, 3.05) is 0 Å². The molecule has 0 aromatic rings. The number of hydrogen-bond acceptors (Lipinski definition) is 2. The molecule has 3 heteroatoms.